The fourth-order valence-corrected chi connectivity index (χ4v) is 3.10. The van der Waals surface area contributed by atoms with Crippen molar-refractivity contribution >= 4 is 27.5 Å². The molecular weight excluding hydrogens is 334 g/mol. The van der Waals surface area contributed by atoms with Crippen molar-refractivity contribution in [3.63, 3.8) is 0 Å². The first-order valence-electron chi connectivity index (χ1n) is 6.60. The predicted octanol–water partition coefficient (Wildman–Crippen LogP) is 5.38. The van der Waals surface area contributed by atoms with Gasteiger partial charge in [0, 0.05) is 4.47 Å². The van der Waals surface area contributed by atoms with E-state index in [9.17, 15) is 0 Å². The Hall–Kier alpha value is -0.830. The summed E-state index contributed by atoms with van der Waals surface area (Å²) in [6, 6.07) is 7.96. The Kier molecular flexibility index (Phi) is 4.58. The first-order valence-corrected chi connectivity index (χ1v) is 7.77. The number of hydrogen-bond donors (Lipinski definition) is 1. The highest BCUT2D eigenvalue weighted by atomic mass is 79.9. The Bertz CT molecular complexity index is 638. The van der Waals surface area contributed by atoms with Gasteiger partial charge in [0.05, 0.1) is 11.1 Å². The smallest absolute Gasteiger partial charge is 0.0557 e. The van der Waals surface area contributed by atoms with E-state index in [2.05, 4.69) is 49.7 Å². The van der Waals surface area contributed by atoms with Crippen LogP contribution in [0, 0.1) is 27.7 Å². The van der Waals surface area contributed by atoms with Crippen molar-refractivity contribution in [3.8, 4) is 0 Å². The zero-order valence-corrected chi connectivity index (χ0v) is 14.6. The van der Waals surface area contributed by atoms with Gasteiger partial charge in [0.25, 0.3) is 0 Å². The van der Waals surface area contributed by atoms with Crippen LogP contribution in [0.3, 0.4) is 0 Å². The lowest BCUT2D eigenvalue weighted by molar-refractivity contribution is 0.844. The zero-order valence-electron chi connectivity index (χ0n) is 12.2. The highest BCUT2D eigenvalue weighted by Gasteiger charge is 2.17. The molecule has 1 unspecified atom stereocenters. The lowest BCUT2D eigenvalue weighted by Crippen LogP contribution is -2.16. The fourth-order valence-electron chi connectivity index (χ4n) is 2.59. The van der Waals surface area contributed by atoms with Crippen molar-refractivity contribution in [2.45, 2.75) is 33.7 Å². The van der Waals surface area contributed by atoms with E-state index >= 15 is 0 Å². The molecule has 2 aromatic carbocycles. The van der Waals surface area contributed by atoms with Gasteiger partial charge in [-0.1, -0.05) is 23.7 Å². The molecule has 0 heterocycles. The van der Waals surface area contributed by atoms with E-state index in [0.717, 1.165) is 10.0 Å². The molecule has 0 aliphatic heterocycles. The topological polar surface area (TPSA) is 26.0 Å². The van der Waals surface area contributed by atoms with Crippen LogP contribution in [0.5, 0.6) is 0 Å². The average Bonchev–Trinajstić information content (AvgIpc) is 2.40. The van der Waals surface area contributed by atoms with Crippen LogP contribution in [0.2, 0.25) is 5.02 Å². The second kappa shape index (κ2) is 5.88. The molecule has 1 nitrogen and oxygen atoms in total. The number of benzene rings is 2. The molecular formula is C17H19BrClN. The largest absolute Gasteiger partial charge is 0.320 e. The SMILES string of the molecule is Cc1cc(C)c(C)c(C(N)c2ccc(Cl)c(Br)c2)c1C. The van der Waals surface area contributed by atoms with Crippen LogP contribution in [-0.4, -0.2) is 0 Å². The summed E-state index contributed by atoms with van der Waals surface area (Å²) in [5, 5.41) is 0.704. The highest BCUT2D eigenvalue weighted by molar-refractivity contribution is 9.10. The molecule has 2 aromatic rings. The fraction of sp³-hybridized carbons (Fsp3) is 0.294. The van der Waals surface area contributed by atoms with Gasteiger partial charge in [-0.15, -0.1) is 0 Å². The lowest BCUT2D eigenvalue weighted by atomic mass is 9.87. The van der Waals surface area contributed by atoms with Crippen LogP contribution in [0.1, 0.15) is 39.4 Å². The Morgan fingerprint density at radius 1 is 1.00 bits per heavy atom. The monoisotopic (exact) mass is 351 g/mol. The molecule has 0 aliphatic carbocycles. The molecule has 3 heteroatoms. The van der Waals surface area contributed by atoms with Gasteiger partial charge in [-0.3, -0.25) is 0 Å². The number of rotatable bonds is 2. The van der Waals surface area contributed by atoms with Crippen LogP contribution >= 0.6 is 27.5 Å². The molecule has 0 aromatic heterocycles. The first-order chi connectivity index (χ1) is 9.32. The summed E-state index contributed by atoms with van der Waals surface area (Å²) >= 11 is 9.52. The maximum atomic E-state index is 6.51. The van der Waals surface area contributed by atoms with Crippen molar-refractivity contribution < 1.29 is 0 Å². The number of nitrogens with two attached hydrogens (primary N) is 1. The molecule has 2 N–H and O–H groups in total. The van der Waals surface area contributed by atoms with E-state index < -0.39 is 0 Å². The van der Waals surface area contributed by atoms with Gasteiger partial charge in [-0.2, -0.15) is 0 Å². The molecule has 0 saturated heterocycles. The molecule has 0 fully saturated rings. The number of aryl methyl sites for hydroxylation is 2. The summed E-state index contributed by atoms with van der Waals surface area (Å²) in [5.41, 5.74) is 13.9. The van der Waals surface area contributed by atoms with Crippen molar-refractivity contribution in [2.75, 3.05) is 0 Å². The van der Waals surface area contributed by atoms with Crippen LogP contribution in [0.15, 0.2) is 28.7 Å². The van der Waals surface area contributed by atoms with Crippen LogP contribution in [-0.2, 0) is 0 Å². The Morgan fingerprint density at radius 2 is 1.55 bits per heavy atom. The lowest BCUT2D eigenvalue weighted by Gasteiger charge is -2.21. The molecule has 20 heavy (non-hydrogen) atoms. The van der Waals surface area contributed by atoms with Gasteiger partial charge in [-0.25, -0.2) is 0 Å². The molecule has 106 valence electrons. The summed E-state index contributed by atoms with van der Waals surface area (Å²) in [7, 11) is 0. The minimum atomic E-state index is -0.137. The third-order valence-corrected chi connectivity index (χ3v) is 5.25. The normalized spacial score (nSPS) is 12.6. The Labute approximate surface area is 134 Å². The molecule has 0 amide bonds. The van der Waals surface area contributed by atoms with Crippen molar-refractivity contribution in [2.24, 2.45) is 5.73 Å². The molecule has 0 aliphatic rings. The van der Waals surface area contributed by atoms with E-state index in [4.69, 9.17) is 17.3 Å². The summed E-state index contributed by atoms with van der Waals surface area (Å²) in [6.07, 6.45) is 0. The predicted molar refractivity (Wildman–Crippen MR) is 90.6 cm³/mol. The molecule has 0 spiro atoms. The van der Waals surface area contributed by atoms with E-state index in [0.29, 0.717) is 5.02 Å². The van der Waals surface area contributed by atoms with Gasteiger partial charge < -0.3 is 5.73 Å². The Balaban J connectivity index is 2.58. The second-order valence-electron chi connectivity index (χ2n) is 5.33. The van der Waals surface area contributed by atoms with Crippen LogP contribution in [0.25, 0.3) is 0 Å². The quantitative estimate of drug-likeness (QED) is 0.771. The minimum Gasteiger partial charge on any atom is -0.320 e. The van der Waals surface area contributed by atoms with Gasteiger partial charge in [-0.05, 0) is 89.1 Å². The molecule has 0 bridgehead atoms. The zero-order chi connectivity index (χ0) is 15.0. The summed E-state index contributed by atoms with van der Waals surface area (Å²) in [6.45, 7) is 8.55. The summed E-state index contributed by atoms with van der Waals surface area (Å²) in [5.74, 6) is 0. The van der Waals surface area contributed by atoms with Crippen molar-refractivity contribution in [1.29, 1.82) is 0 Å². The average molecular weight is 353 g/mol. The number of halogens is 2. The van der Waals surface area contributed by atoms with Gasteiger partial charge >= 0.3 is 0 Å². The van der Waals surface area contributed by atoms with E-state index in [-0.39, 0.29) is 6.04 Å². The maximum Gasteiger partial charge on any atom is 0.0557 e. The van der Waals surface area contributed by atoms with E-state index in [1.165, 1.54) is 27.8 Å². The summed E-state index contributed by atoms with van der Waals surface area (Å²) < 4.78 is 0.881. The molecule has 0 radical (unpaired) electrons. The minimum absolute atomic E-state index is 0.137. The third-order valence-electron chi connectivity index (χ3n) is 4.04. The highest BCUT2D eigenvalue weighted by Crippen LogP contribution is 2.32. The van der Waals surface area contributed by atoms with Crippen LogP contribution < -0.4 is 5.73 Å². The first kappa shape index (κ1) is 15.6. The van der Waals surface area contributed by atoms with E-state index in [1.807, 2.05) is 18.2 Å². The van der Waals surface area contributed by atoms with Crippen LogP contribution in [0.4, 0.5) is 0 Å². The van der Waals surface area contributed by atoms with Crippen molar-refractivity contribution in [1.82, 2.24) is 0 Å². The second-order valence-corrected chi connectivity index (χ2v) is 6.59. The van der Waals surface area contributed by atoms with Gasteiger partial charge in [0.2, 0.25) is 0 Å². The number of hydrogen-bond acceptors (Lipinski definition) is 1. The Morgan fingerprint density at radius 3 is 2.05 bits per heavy atom. The molecule has 0 saturated carbocycles. The van der Waals surface area contributed by atoms with E-state index in [1.54, 1.807) is 0 Å². The summed E-state index contributed by atoms with van der Waals surface area (Å²) in [4.78, 5) is 0. The van der Waals surface area contributed by atoms with Crippen molar-refractivity contribution in [3.05, 3.63) is 67.1 Å². The van der Waals surface area contributed by atoms with Gasteiger partial charge in [0.1, 0.15) is 0 Å². The molecule has 1 atom stereocenters. The third kappa shape index (κ3) is 2.78. The standard InChI is InChI=1S/C17H19BrClN/c1-9-7-10(2)12(4)16(11(9)3)17(20)13-5-6-15(19)14(18)8-13/h5-8,17H,20H2,1-4H3. The maximum absolute atomic E-state index is 6.51. The molecule has 2 rings (SSSR count). The van der Waals surface area contributed by atoms with Gasteiger partial charge in [0.15, 0.2) is 0 Å².